The molecule has 0 bridgehead atoms. The normalized spacial score (nSPS) is 22.0. The molecule has 3 nitrogen and oxygen atoms in total. The molecular weight excluding hydrogens is 298 g/mol. The van der Waals surface area contributed by atoms with E-state index in [2.05, 4.69) is 0 Å². The van der Waals surface area contributed by atoms with Crippen molar-refractivity contribution in [1.29, 1.82) is 0 Å². The Bertz CT molecular complexity index is 502. The van der Waals surface area contributed by atoms with Gasteiger partial charge in [0, 0.05) is 24.0 Å². The zero-order valence-corrected chi connectivity index (χ0v) is 13.6. The number of nitrogens with zero attached hydrogens (tertiary/aromatic N) is 1. The van der Waals surface area contributed by atoms with Crippen LogP contribution in [0.3, 0.4) is 0 Å². The maximum atomic E-state index is 12.4. The van der Waals surface area contributed by atoms with Gasteiger partial charge in [0.2, 0.25) is 5.91 Å². The molecule has 3 rings (SSSR count). The number of aliphatic hydroxyl groups is 1. The summed E-state index contributed by atoms with van der Waals surface area (Å²) >= 11 is 5.89. The lowest BCUT2D eigenvalue weighted by atomic mass is 9.87. The number of rotatable bonds is 3. The highest BCUT2D eigenvalue weighted by atomic mass is 35.5. The second kappa shape index (κ2) is 7.01. The lowest BCUT2D eigenvalue weighted by molar-refractivity contribution is -0.137. The molecule has 0 aromatic heterocycles. The average Bonchev–Trinajstić information content (AvgIpc) is 3.09. The summed E-state index contributed by atoms with van der Waals surface area (Å²) in [5, 5.41) is 11.2. The molecule has 1 unspecified atom stereocenters. The zero-order chi connectivity index (χ0) is 15.5. The molecule has 1 saturated heterocycles. The third-order valence-corrected chi connectivity index (χ3v) is 5.47. The molecule has 2 fully saturated rings. The summed E-state index contributed by atoms with van der Waals surface area (Å²) < 4.78 is 0. The van der Waals surface area contributed by atoms with Gasteiger partial charge in [0.25, 0.3) is 0 Å². The van der Waals surface area contributed by atoms with Crippen LogP contribution < -0.4 is 0 Å². The van der Waals surface area contributed by atoms with Gasteiger partial charge in [0.15, 0.2) is 0 Å². The fourth-order valence-electron chi connectivity index (χ4n) is 3.80. The molecule has 22 heavy (non-hydrogen) atoms. The van der Waals surface area contributed by atoms with Crippen molar-refractivity contribution in [1.82, 2.24) is 4.90 Å². The number of hydrogen-bond acceptors (Lipinski definition) is 2. The quantitative estimate of drug-likeness (QED) is 0.919. The number of halogens is 1. The molecule has 120 valence electrons. The second-order valence-electron chi connectivity index (χ2n) is 6.64. The van der Waals surface area contributed by atoms with Crippen molar-refractivity contribution >= 4 is 17.5 Å². The number of piperidine rings is 1. The van der Waals surface area contributed by atoms with E-state index in [1.807, 2.05) is 29.2 Å². The van der Waals surface area contributed by atoms with Gasteiger partial charge in [0.1, 0.15) is 0 Å². The summed E-state index contributed by atoms with van der Waals surface area (Å²) in [6.45, 7) is 1.56. The molecule has 1 amide bonds. The first kappa shape index (κ1) is 15.8. The molecule has 1 aromatic carbocycles. The average molecular weight is 322 g/mol. The van der Waals surface area contributed by atoms with Crippen LogP contribution >= 0.6 is 11.6 Å². The van der Waals surface area contributed by atoms with Crippen molar-refractivity contribution in [2.75, 3.05) is 13.1 Å². The Morgan fingerprint density at radius 1 is 1.09 bits per heavy atom. The van der Waals surface area contributed by atoms with Crippen molar-refractivity contribution in [2.24, 2.45) is 11.8 Å². The molecule has 1 aliphatic heterocycles. The molecule has 0 radical (unpaired) electrons. The summed E-state index contributed by atoms with van der Waals surface area (Å²) in [6, 6.07) is 7.42. The van der Waals surface area contributed by atoms with Gasteiger partial charge in [-0.25, -0.2) is 0 Å². The van der Waals surface area contributed by atoms with Gasteiger partial charge in [-0.2, -0.15) is 0 Å². The van der Waals surface area contributed by atoms with Crippen molar-refractivity contribution in [3.8, 4) is 0 Å². The van der Waals surface area contributed by atoms with Gasteiger partial charge in [0.05, 0.1) is 6.10 Å². The fourth-order valence-corrected chi connectivity index (χ4v) is 3.92. The summed E-state index contributed by atoms with van der Waals surface area (Å²) in [7, 11) is 0. The predicted molar refractivity (Wildman–Crippen MR) is 87.7 cm³/mol. The number of amides is 1. The van der Waals surface area contributed by atoms with Gasteiger partial charge in [-0.15, -0.1) is 0 Å². The maximum absolute atomic E-state index is 12.4. The molecule has 1 heterocycles. The highest BCUT2D eigenvalue weighted by Crippen LogP contribution is 2.33. The summed E-state index contributed by atoms with van der Waals surface area (Å²) in [5.41, 5.74) is 0.921. The number of benzene rings is 1. The van der Waals surface area contributed by atoms with Crippen LogP contribution in [0.25, 0.3) is 0 Å². The Balaban J connectivity index is 1.54. The number of hydrogen-bond donors (Lipinski definition) is 1. The maximum Gasteiger partial charge on any atom is 0.225 e. The van der Waals surface area contributed by atoms with Crippen LogP contribution in [0.15, 0.2) is 24.3 Å². The topological polar surface area (TPSA) is 40.5 Å². The van der Waals surface area contributed by atoms with Gasteiger partial charge in [-0.1, -0.05) is 36.6 Å². The molecule has 1 atom stereocenters. The molecular formula is C18H24ClNO2. The molecule has 2 aliphatic rings. The second-order valence-corrected chi connectivity index (χ2v) is 7.08. The number of likely N-dealkylation sites (tertiary alicyclic amines) is 1. The van der Waals surface area contributed by atoms with E-state index in [0.717, 1.165) is 44.3 Å². The van der Waals surface area contributed by atoms with Crippen LogP contribution in [-0.2, 0) is 4.79 Å². The van der Waals surface area contributed by atoms with Gasteiger partial charge in [-0.3, -0.25) is 4.79 Å². The van der Waals surface area contributed by atoms with E-state index in [-0.39, 0.29) is 11.8 Å². The van der Waals surface area contributed by atoms with Crippen LogP contribution in [0, 0.1) is 11.8 Å². The molecule has 1 aromatic rings. The lowest BCUT2D eigenvalue weighted by Crippen LogP contribution is -2.42. The molecule has 1 N–H and O–H groups in total. The third kappa shape index (κ3) is 3.47. The van der Waals surface area contributed by atoms with E-state index in [0.29, 0.717) is 10.9 Å². The fraction of sp³-hybridized carbons (Fsp3) is 0.611. The largest absolute Gasteiger partial charge is 0.388 e. The minimum absolute atomic E-state index is 0.230. The minimum Gasteiger partial charge on any atom is -0.388 e. The Hall–Kier alpha value is -1.06. The predicted octanol–water partition coefficient (Wildman–Crippen LogP) is 3.80. The van der Waals surface area contributed by atoms with E-state index >= 15 is 0 Å². The highest BCUT2D eigenvalue weighted by Gasteiger charge is 2.32. The van der Waals surface area contributed by atoms with Gasteiger partial charge < -0.3 is 10.0 Å². The number of carbonyl (C=O) groups is 1. The van der Waals surface area contributed by atoms with Crippen LogP contribution in [-0.4, -0.2) is 29.0 Å². The van der Waals surface area contributed by atoms with Crippen LogP contribution in [0.5, 0.6) is 0 Å². The van der Waals surface area contributed by atoms with E-state index in [9.17, 15) is 9.90 Å². The number of carbonyl (C=O) groups excluding carboxylic acids is 1. The van der Waals surface area contributed by atoms with Crippen LogP contribution in [0.1, 0.15) is 50.2 Å². The summed E-state index contributed by atoms with van der Waals surface area (Å²) in [5.74, 6) is 0.837. The smallest absolute Gasteiger partial charge is 0.225 e. The van der Waals surface area contributed by atoms with Gasteiger partial charge in [-0.05, 0) is 49.3 Å². The Labute approximate surface area is 137 Å². The lowest BCUT2D eigenvalue weighted by Gasteiger charge is -2.35. The van der Waals surface area contributed by atoms with E-state index in [1.54, 1.807) is 0 Å². The van der Waals surface area contributed by atoms with E-state index < -0.39 is 6.10 Å². The minimum atomic E-state index is -0.457. The van der Waals surface area contributed by atoms with Crippen LogP contribution in [0.2, 0.25) is 5.02 Å². The SMILES string of the molecule is O=C(C1CCCC1)N1CCC(C(O)c2ccc(Cl)cc2)CC1. The first-order valence-electron chi connectivity index (χ1n) is 8.37. The molecule has 4 heteroatoms. The van der Waals surface area contributed by atoms with E-state index in [4.69, 9.17) is 11.6 Å². The summed E-state index contributed by atoms with van der Waals surface area (Å²) in [6.07, 6.45) is 5.81. The molecule has 1 saturated carbocycles. The number of aliphatic hydroxyl groups excluding tert-OH is 1. The Kier molecular flexibility index (Phi) is 5.04. The molecule has 0 spiro atoms. The third-order valence-electron chi connectivity index (χ3n) is 5.21. The van der Waals surface area contributed by atoms with Crippen molar-refractivity contribution in [3.63, 3.8) is 0 Å². The molecule has 1 aliphatic carbocycles. The van der Waals surface area contributed by atoms with Crippen LogP contribution in [0.4, 0.5) is 0 Å². The first-order valence-corrected chi connectivity index (χ1v) is 8.75. The Morgan fingerprint density at radius 2 is 1.68 bits per heavy atom. The standard InChI is InChI=1S/C18H24ClNO2/c19-16-7-5-13(6-8-16)17(21)14-9-11-20(12-10-14)18(22)15-3-1-2-4-15/h5-8,14-15,17,21H,1-4,9-12H2. The Morgan fingerprint density at radius 3 is 2.27 bits per heavy atom. The zero-order valence-electron chi connectivity index (χ0n) is 12.9. The van der Waals surface area contributed by atoms with Crippen molar-refractivity contribution < 1.29 is 9.90 Å². The monoisotopic (exact) mass is 321 g/mol. The van der Waals surface area contributed by atoms with Crippen molar-refractivity contribution in [2.45, 2.75) is 44.6 Å². The van der Waals surface area contributed by atoms with Crippen molar-refractivity contribution in [3.05, 3.63) is 34.9 Å². The van der Waals surface area contributed by atoms with E-state index in [1.165, 1.54) is 12.8 Å². The first-order chi connectivity index (χ1) is 10.6. The summed E-state index contributed by atoms with van der Waals surface area (Å²) in [4.78, 5) is 14.4. The van der Waals surface area contributed by atoms with Gasteiger partial charge >= 0.3 is 0 Å². The highest BCUT2D eigenvalue weighted by molar-refractivity contribution is 6.30.